The number of rotatable bonds is 7. The number of nitrogens with zero attached hydrogens (tertiary/aromatic N) is 2. The maximum Gasteiger partial charge on any atom is 0.185 e. The van der Waals surface area contributed by atoms with Crippen LogP contribution in [0.1, 0.15) is 29.9 Å². The van der Waals surface area contributed by atoms with E-state index < -0.39 is 0 Å². The van der Waals surface area contributed by atoms with Gasteiger partial charge in [-0.3, -0.25) is 0 Å². The van der Waals surface area contributed by atoms with E-state index >= 15 is 0 Å². The molecule has 3 nitrogen and oxygen atoms in total. The van der Waals surface area contributed by atoms with Crippen molar-refractivity contribution in [2.45, 2.75) is 33.9 Å². The number of anilines is 1. The molecule has 104 valence electrons. The van der Waals surface area contributed by atoms with Crippen LogP contribution in [-0.2, 0) is 13.1 Å². The van der Waals surface area contributed by atoms with Gasteiger partial charge in [-0.15, -0.1) is 11.3 Å². The van der Waals surface area contributed by atoms with Gasteiger partial charge < -0.3 is 10.2 Å². The molecule has 1 N–H and O–H groups in total. The van der Waals surface area contributed by atoms with E-state index in [4.69, 9.17) is 0 Å². The quantitative estimate of drug-likeness (QED) is 0.845. The van der Waals surface area contributed by atoms with Crippen molar-refractivity contribution in [3.63, 3.8) is 0 Å². The number of thiophene rings is 1. The molecule has 0 aliphatic heterocycles. The average Bonchev–Trinajstić information content (AvgIpc) is 3.02. The molecule has 0 aliphatic rings. The molecule has 2 heterocycles. The van der Waals surface area contributed by atoms with Crippen molar-refractivity contribution < 1.29 is 0 Å². The summed E-state index contributed by atoms with van der Waals surface area (Å²) >= 11 is 3.56. The Morgan fingerprint density at radius 3 is 2.63 bits per heavy atom. The van der Waals surface area contributed by atoms with Gasteiger partial charge >= 0.3 is 0 Å². The Bertz CT molecular complexity index is 500. The summed E-state index contributed by atoms with van der Waals surface area (Å²) in [5.41, 5.74) is 2.78. The Labute approximate surface area is 123 Å². The van der Waals surface area contributed by atoms with Crippen molar-refractivity contribution in [3.8, 4) is 0 Å². The topological polar surface area (TPSA) is 28.2 Å². The molecule has 0 amide bonds. The summed E-state index contributed by atoms with van der Waals surface area (Å²) < 4.78 is 0. The van der Waals surface area contributed by atoms with E-state index in [9.17, 15) is 0 Å². The molecule has 0 aliphatic carbocycles. The molecule has 0 atom stereocenters. The predicted molar refractivity (Wildman–Crippen MR) is 85.3 cm³/mol. The third-order valence-corrected chi connectivity index (χ3v) is 5.12. The van der Waals surface area contributed by atoms with E-state index in [2.05, 4.69) is 46.7 Å². The van der Waals surface area contributed by atoms with Gasteiger partial charge in [-0.05, 0) is 42.7 Å². The molecule has 2 rings (SSSR count). The molecule has 0 unspecified atom stereocenters. The molecule has 0 fully saturated rings. The highest BCUT2D eigenvalue weighted by molar-refractivity contribution is 7.15. The van der Waals surface area contributed by atoms with Crippen molar-refractivity contribution in [2.75, 3.05) is 18.0 Å². The van der Waals surface area contributed by atoms with E-state index in [1.807, 2.05) is 6.20 Å². The van der Waals surface area contributed by atoms with Gasteiger partial charge in [0.1, 0.15) is 0 Å². The second-order valence-corrected chi connectivity index (χ2v) is 6.30. The highest BCUT2D eigenvalue weighted by Gasteiger charge is 2.07. The minimum atomic E-state index is 0.897. The summed E-state index contributed by atoms with van der Waals surface area (Å²) in [7, 11) is 0. The summed E-state index contributed by atoms with van der Waals surface area (Å²) in [4.78, 5) is 8.09. The number of nitrogens with one attached hydrogen (secondary N) is 1. The first kappa shape index (κ1) is 14.5. The van der Waals surface area contributed by atoms with Gasteiger partial charge in [-0.2, -0.15) is 11.3 Å². The lowest BCUT2D eigenvalue weighted by atomic mass is 10.2. The normalized spacial score (nSPS) is 10.9. The van der Waals surface area contributed by atoms with Gasteiger partial charge in [-0.1, -0.05) is 0 Å². The monoisotopic (exact) mass is 295 g/mol. The molecular formula is C14H21N3S2. The molecule has 5 heteroatoms. The second kappa shape index (κ2) is 7.03. The molecule has 0 spiro atoms. The highest BCUT2D eigenvalue weighted by Crippen LogP contribution is 2.22. The first-order chi connectivity index (χ1) is 9.24. The van der Waals surface area contributed by atoms with Crippen LogP contribution >= 0.6 is 22.7 Å². The summed E-state index contributed by atoms with van der Waals surface area (Å²) in [6.07, 6.45) is 1.99. The van der Waals surface area contributed by atoms with Crippen molar-refractivity contribution in [2.24, 2.45) is 0 Å². The molecule has 19 heavy (non-hydrogen) atoms. The van der Waals surface area contributed by atoms with Gasteiger partial charge in [0.2, 0.25) is 0 Å². The van der Waals surface area contributed by atoms with Crippen LogP contribution in [0.2, 0.25) is 0 Å². The van der Waals surface area contributed by atoms with Gasteiger partial charge in [0.05, 0.1) is 0 Å². The summed E-state index contributed by atoms with van der Waals surface area (Å²) in [5.74, 6) is 0. The van der Waals surface area contributed by atoms with E-state index in [0.717, 1.165) is 31.3 Å². The van der Waals surface area contributed by atoms with Crippen molar-refractivity contribution in [1.82, 2.24) is 10.3 Å². The lowest BCUT2D eigenvalue weighted by Crippen LogP contribution is -2.21. The van der Waals surface area contributed by atoms with Gasteiger partial charge in [0.25, 0.3) is 0 Å². The maximum absolute atomic E-state index is 4.50. The molecule has 2 aromatic rings. The number of hydrogen-bond acceptors (Lipinski definition) is 5. The van der Waals surface area contributed by atoms with E-state index in [1.165, 1.54) is 16.0 Å². The Kier molecular flexibility index (Phi) is 5.36. The number of thiazole rings is 1. The smallest absolute Gasteiger partial charge is 0.185 e. The third kappa shape index (κ3) is 3.78. The van der Waals surface area contributed by atoms with Gasteiger partial charge in [-0.25, -0.2) is 4.98 Å². The van der Waals surface area contributed by atoms with Crippen LogP contribution in [-0.4, -0.2) is 18.1 Å². The van der Waals surface area contributed by atoms with Crippen LogP contribution in [0.25, 0.3) is 0 Å². The summed E-state index contributed by atoms with van der Waals surface area (Å²) in [6, 6.07) is 0. The van der Waals surface area contributed by atoms with Crippen LogP contribution in [0, 0.1) is 6.92 Å². The third-order valence-electron chi connectivity index (χ3n) is 3.15. The summed E-state index contributed by atoms with van der Waals surface area (Å²) in [6.45, 7) is 10.4. The fourth-order valence-electron chi connectivity index (χ4n) is 1.91. The van der Waals surface area contributed by atoms with Crippen LogP contribution in [0.15, 0.2) is 17.0 Å². The van der Waals surface area contributed by atoms with E-state index in [-0.39, 0.29) is 0 Å². The average molecular weight is 295 g/mol. The van der Waals surface area contributed by atoms with Crippen LogP contribution in [0.4, 0.5) is 5.13 Å². The summed E-state index contributed by atoms with van der Waals surface area (Å²) in [5, 5.41) is 9.04. The zero-order chi connectivity index (χ0) is 13.7. The van der Waals surface area contributed by atoms with Gasteiger partial charge in [0.15, 0.2) is 5.13 Å². The molecule has 2 aromatic heterocycles. The van der Waals surface area contributed by atoms with E-state index in [0.29, 0.717) is 0 Å². The fourth-order valence-corrected chi connectivity index (χ4v) is 3.77. The molecular weight excluding hydrogens is 274 g/mol. The Morgan fingerprint density at radius 1 is 1.21 bits per heavy atom. The van der Waals surface area contributed by atoms with Crippen LogP contribution in [0.5, 0.6) is 0 Å². The zero-order valence-corrected chi connectivity index (χ0v) is 13.4. The minimum Gasteiger partial charge on any atom is -0.349 e. The SMILES string of the molecule is CCN(CC)c1ncc(CNCc2cscc2C)s1. The fraction of sp³-hybridized carbons (Fsp3) is 0.500. The first-order valence-electron chi connectivity index (χ1n) is 6.66. The number of hydrogen-bond donors (Lipinski definition) is 1. The maximum atomic E-state index is 4.50. The molecule has 0 radical (unpaired) electrons. The Balaban J connectivity index is 1.85. The second-order valence-electron chi connectivity index (χ2n) is 4.47. The Morgan fingerprint density at radius 2 is 2.00 bits per heavy atom. The zero-order valence-electron chi connectivity index (χ0n) is 11.8. The lowest BCUT2D eigenvalue weighted by Gasteiger charge is -2.16. The first-order valence-corrected chi connectivity index (χ1v) is 8.42. The highest BCUT2D eigenvalue weighted by atomic mass is 32.1. The van der Waals surface area contributed by atoms with Crippen molar-refractivity contribution in [3.05, 3.63) is 33.0 Å². The largest absolute Gasteiger partial charge is 0.349 e. The van der Waals surface area contributed by atoms with Crippen molar-refractivity contribution >= 4 is 27.8 Å². The predicted octanol–water partition coefficient (Wildman–Crippen LogP) is 3.65. The molecule has 0 aromatic carbocycles. The standard InChI is InChI=1S/C14H21N3S2/c1-4-17(5-2)14-16-8-13(19-14)7-15-6-12-10-18-9-11(12)3/h8-10,15H,4-7H2,1-3H3. The van der Waals surface area contributed by atoms with Crippen LogP contribution < -0.4 is 10.2 Å². The lowest BCUT2D eigenvalue weighted by molar-refractivity contribution is 0.699. The Hall–Kier alpha value is -0.910. The molecule has 0 saturated carbocycles. The molecule has 0 bridgehead atoms. The van der Waals surface area contributed by atoms with Crippen molar-refractivity contribution in [1.29, 1.82) is 0 Å². The minimum absolute atomic E-state index is 0.897. The number of aryl methyl sites for hydroxylation is 1. The number of aromatic nitrogens is 1. The van der Waals surface area contributed by atoms with Crippen LogP contribution in [0.3, 0.4) is 0 Å². The molecule has 0 saturated heterocycles. The van der Waals surface area contributed by atoms with E-state index in [1.54, 1.807) is 22.7 Å². The van der Waals surface area contributed by atoms with Gasteiger partial charge in [0, 0.05) is 37.3 Å².